The smallest absolute Gasteiger partial charge is 0.345 e. The molecular formula is C12H22N4O2. The second-order valence-electron chi connectivity index (χ2n) is 4.42. The number of hydrogen-bond donors (Lipinski definition) is 2. The van der Waals surface area contributed by atoms with Gasteiger partial charge in [0.15, 0.2) is 5.82 Å². The molecular weight excluding hydrogens is 232 g/mol. The highest BCUT2D eigenvalue weighted by molar-refractivity contribution is 5.99. The molecule has 0 unspecified atom stereocenters. The number of nitrogen functional groups attached to an aromatic ring is 1. The third kappa shape index (κ3) is 2.94. The van der Waals surface area contributed by atoms with E-state index in [4.69, 9.17) is 10.5 Å². The van der Waals surface area contributed by atoms with Gasteiger partial charge in [0.2, 0.25) is 0 Å². The van der Waals surface area contributed by atoms with Crippen LogP contribution in [0.3, 0.4) is 0 Å². The van der Waals surface area contributed by atoms with Crippen LogP contribution in [0.15, 0.2) is 0 Å². The summed E-state index contributed by atoms with van der Waals surface area (Å²) in [4.78, 5) is 11.7. The highest BCUT2D eigenvalue weighted by Crippen LogP contribution is 2.25. The van der Waals surface area contributed by atoms with E-state index in [2.05, 4.69) is 17.3 Å². The number of carbonyl (C=O) groups excluding carboxylic acids is 1. The number of aromatic nitrogens is 2. The van der Waals surface area contributed by atoms with Gasteiger partial charge >= 0.3 is 5.97 Å². The molecule has 0 aliphatic heterocycles. The lowest BCUT2D eigenvalue weighted by Gasteiger charge is -2.07. The number of carbonyl (C=O) groups is 1. The molecule has 0 atom stereocenters. The van der Waals surface area contributed by atoms with Crippen molar-refractivity contribution in [2.45, 2.75) is 39.7 Å². The molecule has 0 radical (unpaired) electrons. The van der Waals surface area contributed by atoms with Gasteiger partial charge in [0, 0.05) is 12.6 Å². The fraction of sp³-hybridized carbons (Fsp3) is 0.667. The maximum absolute atomic E-state index is 11.7. The van der Waals surface area contributed by atoms with Crippen LogP contribution in [-0.2, 0) is 4.74 Å². The van der Waals surface area contributed by atoms with Crippen LogP contribution in [0.4, 0.5) is 11.6 Å². The number of rotatable bonds is 6. The number of methoxy groups -OCH3 is 1. The van der Waals surface area contributed by atoms with Crippen molar-refractivity contribution in [3.05, 3.63) is 5.56 Å². The zero-order valence-corrected chi connectivity index (χ0v) is 11.5. The number of anilines is 2. The van der Waals surface area contributed by atoms with Gasteiger partial charge in [0.25, 0.3) is 0 Å². The topological polar surface area (TPSA) is 82.2 Å². The van der Waals surface area contributed by atoms with Gasteiger partial charge in [0.1, 0.15) is 11.4 Å². The Morgan fingerprint density at radius 2 is 2.22 bits per heavy atom. The van der Waals surface area contributed by atoms with Crippen molar-refractivity contribution in [1.29, 1.82) is 0 Å². The molecule has 0 aromatic carbocycles. The van der Waals surface area contributed by atoms with Gasteiger partial charge in [0.05, 0.1) is 7.11 Å². The third-order valence-corrected chi connectivity index (χ3v) is 2.65. The lowest BCUT2D eigenvalue weighted by atomic mass is 10.2. The van der Waals surface area contributed by atoms with Crippen LogP contribution >= 0.6 is 0 Å². The van der Waals surface area contributed by atoms with E-state index in [0.717, 1.165) is 19.4 Å². The van der Waals surface area contributed by atoms with Crippen molar-refractivity contribution in [2.75, 3.05) is 24.7 Å². The highest BCUT2D eigenvalue weighted by atomic mass is 16.5. The molecule has 6 nitrogen and oxygen atoms in total. The summed E-state index contributed by atoms with van der Waals surface area (Å²) in [5, 5.41) is 7.46. The van der Waals surface area contributed by atoms with E-state index < -0.39 is 5.97 Å². The zero-order valence-electron chi connectivity index (χ0n) is 11.5. The quantitative estimate of drug-likeness (QED) is 0.599. The summed E-state index contributed by atoms with van der Waals surface area (Å²) >= 11 is 0. The molecule has 102 valence electrons. The van der Waals surface area contributed by atoms with Crippen molar-refractivity contribution in [3.8, 4) is 0 Å². The molecule has 0 amide bonds. The number of unbranched alkanes of at least 4 members (excludes halogenated alkanes) is 1. The average molecular weight is 254 g/mol. The van der Waals surface area contributed by atoms with Crippen LogP contribution in [-0.4, -0.2) is 29.4 Å². The fourth-order valence-corrected chi connectivity index (χ4v) is 1.65. The van der Waals surface area contributed by atoms with Crippen molar-refractivity contribution < 1.29 is 9.53 Å². The SMILES string of the molecule is CCCCNc1nn(C(C)C)c(N)c1C(=O)OC. The van der Waals surface area contributed by atoms with Gasteiger partial charge in [-0.3, -0.25) is 0 Å². The molecule has 0 spiro atoms. The molecule has 0 fully saturated rings. The van der Waals surface area contributed by atoms with Gasteiger partial charge in [-0.25, -0.2) is 9.48 Å². The van der Waals surface area contributed by atoms with Gasteiger partial charge in [-0.15, -0.1) is 0 Å². The molecule has 1 rings (SSSR count). The number of nitrogens with zero attached hydrogens (tertiary/aromatic N) is 2. The monoisotopic (exact) mass is 254 g/mol. The van der Waals surface area contributed by atoms with Crippen molar-refractivity contribution in [2.24, 2.45) is 0 Å². The molecule has 1 heterocycles. The average Bonchev–Trinajstić information content (AvgIpc) is 2.66. The Morgan fingerprint density at radius 3 is 2.72 bits per heavy atom. The second kappa shape index (κ2) is 6.28. The summed E-state index contributed by atoms with van der Waals surface area (Å²) in [6.07, 6.45) is 2.08. The first kappa shape index (κ1) is 14.3. The Morgan fingerprint density at radius 1 is 1.56 bits per heavy atom. The van der Waals surface area contributed by atoms with Crippen LogP contribution < -0.4 is 11.1 Å². The normalized spacial score (nSPS) is 10.7. The Labute approximate surface area is 107 Å². The zero-order chi connectivity index (χ0) is 13.7. The van der Waals surface area contributed by atoms with E-state index >= 15 is 0 Å². The largest absolute Gasteiger partial charge is 0.465 e. The summed E-state index contributed by atoms with van der Waals surface area (Å²) in [6.45, 7) is 6.78. The minimum atomic E-state index is -0.460. The summed E-state index contributed by atoms with van der Waals surface area (Å²) in [6, 6.07) is 0.0927. The Kier molecular flexibility index (Phi) is 5.00. The predicted molar refractivity (Wildman–Crippen MR) is 71.8 cm³/mol. The van der Waals surface area contributed by atoms with Crippen molar-refractivity contribution in [3.63, 3.8) is 0 Å². The predicted octanol–water partition coefficient (Wildman–Crippen LogP) is 2.04. The maximum atomic E-state index is 11.7. The molecule has 18 heavy (non-hydrogen) atoms. The molecule has 1 aromatic rings. The van der Waals surface area contributed by atoms with Crippen LogP contribution in [0.2, 0.25) is 0 Å². The fourth-order valence-electron chi connectivity index (χ4n) is 1.65. The molecule has 6 heteroatoms. The minimum absolute atomic E-state index is 0.0927. The van der Waals surface area contributed by atoms with E-state index in [0.29, 0.717) is 17.2 Å². The van der Waals surface area contributed by atoms with Crippen LogP contribution in [0.5, 0.6) is 0 Å². The van der Waals surface area contributed by atoms with E-state index in [-0.39, 0.29) is 6.04 Å². The summed E-state index contributed by atoms with van der Waals surface area (Å²) in [7, 11) is 1.34. The molecule has 0 bridgehead atoms. The van der Waals surface area contributed by atoms with E-state index in [9.17, 15) is 4.79 Å². The first-order valence-corrected chi connectivity index (χ1v) is 6.23. The van der Waals surface area contributed by atoms with Gasteiger partial charge < -0.3 is 15.8 Å². The maximum Gasteiger partial charge on any atom is 0.345 e. The van der Waals surface area contributed by atoms with Crippen molar-refractivity contribution >= 4 is 17.6 Å². The number of ether oxygens (including phenoxy) is 1. The summed E-state index contributed by atoms with van der Waals surface area (Å²) < 4.78 is 6.37. The summed E-state index contributed by atoms with van der Waals surface area (Å²) in [5.74, 6) is 0.385. The van der Waals surface area contributed by atoms with E-state index in [1.165, 1.54) is 7.11 Å². The van der Waals surface area contributed by atoms with E-state index in [1.807, 2.05) is 13.8 Å². The lowest BCUT2D eigenvalue weighted by molar-refractivity contribution is 0.0603. The first-order valence-electron chi connectivity index (χ1n) is 6.23. The third-order valence-electron chi connectivity index (χ3n) is 2.65. The number of esters is 1. The Bertz CT molecular complexity index is 412. The van der Waals surface area contributed by atoms with Crippen LogP contribution in [0, 0.1) is 0 Å². The van der Waals surface area contributed by atoms with Gasteiger partial charge in [-0.2, -0.15) is 5.10 Å². The number of hydrogen-bond acceptors (Lipinski definition) is 5. The van der Waals surface area contributed by atoms with Crippen molar-refractivity contribution in [1.82, 2.24) is 9.78 Å². The molecule has 0 aliphatic carbocycles. The molecule has 0 aliphatic rings. The first-order chi connectivity index (χ1) is 8.52. The van der Waals surface area contributed by atoms with Gasteiger partial charge in [-0.1, -0.05) is 13.3 Å². The Hall–Kier alpha value is -1.72. The number of nitrogens with two attached hydrogens (primary N) is 1. The summed E-state index contributed by atoms with van der Waals surface area (Å²) in [5.41, 5.74) is 6.27. The van der Waals surface area contributed by atoms with Crippen LogP contribution in [0.1, 0.15) is 50.0 Å². The second-order valence-corrected chi connectivity index (χ2v) is 4.42. The minimum Gasteiger partial charge on any atom is -0.465 e. The van der Waals surface area contributed by atoms with Crippen LogP contribution in [0.25, 0.3) is 0 Å². The number of nitrogens with one attached hydrogen (secondary N) is 1. The molecule has 0 saturated carbocycles. The standard InChI is InChI=1S/C12H22N4O2/c1-5-6-7-14-11-9(12(17)18-4)10(13)16(15-11)8(2)3/h8H,5-7,13H2,1-4H3,(H,14,15). The Balaban J connectivity index is 3.06. The molecule has 0 saturated heterocycles. The highest BCUT2D eigenvalue weighted by Gasteiger charge is 2.23. The molecule has 1 aromatic heterocycles. The van der Waals surface area contributed by atoms with Gasteiger partial charge in [-0.05, 0) is 20.3 Å². The van der Waals surface area contributed by atoms with E-state index in [1.54, 1.807) is 4.68 Å². The molecule has 3 N–H and O–H groups in total. The lowest BCUT2D eigenvalue weighted by Crippen LogP contribution is -2.10.